The van der Waals surface area contributed by atoms with Crippen molar-refractivity contribution in [3.05, 3.63) is 40.0 Å². The molecule has 1 heterocycles. The summed E-state index contributed by atoms with van der Waals surface area (Å²) in [5, 5.41) is 10.8. The molecule has 1 unspecified atom stereocenters. The topological polar surface area (TPSA) is 80.7 Å². The van der Waals surface area contributed by atoms with Gasteiger partial charge in [0.05, 0.1) is 0 Å². The van der Waals surface area contributed by atoms with Gasteiger partial charge in [0, 0.05) is 24.0 Å². The van der Waals surface area contributed by atoms with E-state index in [0.717, 1.165) is 11.1 Å². The van der Waals surface area contributed by atoms with Crippen molar-refractivity contribution in [2.75, 3.05) is 0 Å². The Kier molecular flexibility index (Phi) is 4.09. The Bertz CT molecular complexity index is 857. The van der Waals surface area contributed by atoms with Crippen LogP contribution in [0.5, 0.6) is 0 Å². The molecule has 0 bridgehead atoms. The summed E-state index contributed by atoms with van der Waals surface area (Å²) in [6, 6.07) is 3.53. The average Bonchev–Trinajstić information content (AvgIpc) is 2.54. The summed E-state index contributed by atoms with van der Waals surface area (Å²) in [5.74, 6) is -1.18. The van der Waals surface area contributed by atoms with E-state index in [-0.39, 0.29) is 41.7 Å². The second kappa shape index (κ2) is 5.79. The van der Waals surface area contributed by atoms with E-state index in [1.165, 1.54) is 0 Å². The molecule has 5 nitrogen and oxygen atoms in total. The van der Waals surface area contributed by atoms with Crippen molar-refractivity contribution < 1.29 is 24.2 Å². The van der Waals surface area contributed by atoms with Gasteiger partial charge >= 0.3 is 5.97 Å². The van der Waals surface area contributed by atoms with Crippen LogP contribution in [-0.4, -0.2) is 22.6 Å². The highest BCUT2D eigenvalue weighted by Gasteiger charge is 2.62. The molecule has 2 aliphatic rings. The van der Waals surface area contributed by atoms with E-state index >= 15 is 0 Å². The first-order valence-electron chi connectivity index (χ1n) is 8.86. The zero-order valence-corrected chi connectivity index (χ0v) is 15.9. The molecule has 1 aromatic rings. The summed E-state index contributed by atoms with van der Waals surface area (Å²) in [4.78, 5) is 36.3. The number of rotatable bonds is 2. The van der Waals surface area contributed by atoms with Gasteiger partial charge in [-0.25, -0.2) is 0 Å². The number of Topliss-reactive ketones (excluding diaryl/α,β-unsaturated/α-hetero) is 2. The summed E-state index contributed by atoms with van der Waals surface area (Å²) >= 11 is 0. The van der Waals surface area contributed by atoms with Crippen LogP contribution >= 0.6 is 0 Å². The Hall–Kier alpha value is -2.43. The molecule has 5 heteroatoms. The third-order valence-electron chi connectivity index (χ3n) is 6.01. The summed E-state index contributed by atoms with van der Waals surface area (Å²) in [6.45, 7) is 9.25. The Morgan fingerprint density at radius 1 is 1.04 bits per heavy atom. The molecule has 1 atom stereocenters. The first-order valence-corrected chi connectivity index (χ1v) is 8.86. The largest absolute Gasteiger partial charge is 0.506 e. The molecule has 1 saturated heterocycles. The van der Waals surface area contributed by atoms with Crippen LogP contribution in [0.3, 0.4) is 0 Å². The van der Waals surface area contributed by atoms with Crippen LogP contribution in [-0.2, 0) is 24.7 Å². The molecule has 0 radical (unpaired) electrons. The molecule has 0 spiro atoms. The van der Waals surface area contributed by atoms with E-state index in [1.54, 1.807) is 6.07 Å². The zero-order chi connectivity index (χ0) is 19.4. The van der Waals surface area contributed by atoms with Crippen molar-refractivity contribution >= 4 is 23.3 Å². The highest BCUT2D eigenvalue weighted by atomic mass is 16.6. The fraction of sp³-hybridized carbons (Fsp3) is 0.476. The van der Waals surface area contributed by atoms with Crippen LogP contribution < -0.4 is 0 Å². The van der Waals surface area contributed by atoms with Crippen molar-refractivity contribution in [1.82, 2.24) is 0 Å². The van der Waals surface area contributed by atoms with Crippen molar-refractivity contribution in [3.8, 4) is 0 Å². The van der Waals surface area contributed by atoms with E-state index in [2.05, 4.69) is 0 Å². The van der Waals surface area contributed by atoms with Gasteiger partial charge in [0.15, 0.2) is 17.2 Å². The number of ether oxygens (including phenoxy) is 1. The lowest BCUT2D eigenvalue weighted by Crippen LogP contribution is -2.60. The fourth-order valence-corrected chi connectivity index (χ4v) is 4.00. The number of aliphatic hydroxyl groups is 1. The SMILES string of the molecule is Cc1ccc(C(O)=C2C(=O)CCCC2=O)c(C)c1C1(C)OC(=O)C1(C)C. The van der Waals surface area contributed by atoms with Gasteiger partial charge in [-0.2, -0.15) is 0 Å². The standard InChI is InChI=1S/C21H24O5/c1-11-9-10-13(18(24)16-14(22)7-6-8-15(16)23)12(2)17(11)21(5)20(3,4)19(25)26-21/h9-10,24H,6-8H2,1-5H3. The Morgan fingerprint density at radius 2 is 1.62 bits per heavy atom. The predicted octanol–water partition coefficient (Wildman–Crippen LogP) is 3.69. The number of benzene rings is 1. The van der Waals surface area contributed by atoms with Gasteiger partial charge in [-0.3, -0.25) is 14.4 Å². The maximum Gasteiger partial charge on any atom is 0.316 e. The number of ketones is 2. The van der Waals surface area contributed by atoms with E-state index in [1.807, 2.05) is 40.7 Å². The number of aryl methyl sites for hydroxylation is 1. The molecular weight excluding hydrogens is 332 g/mol. The van der Waals surface area contributed by atoms with Gasteiger partial charge in [0.1, 0.15) is 16.7 Å². The van der Waals surface area contributed by atoms with E-state index < -0.39 is 11.0 Å². The minimum Gasteiger partial charge on any atom is -0.506 e. The third kappa shape index (κ3) is 2.33. The van der Waals surface area contributed by atoms with Crippen LogP contribution in [0, 0.1) is 19.3 Å². The summed E-state index contributed by atoms with van der Waals surface area (Å²) in [5.41, 5.74) is 1.23. The van der Waals surface area contributed by atoms with E-state index in [9.17, 15) is 19.5 Å². The number of hydrogen-bond acceptors (Lipinski definition) is 5. The molecular formula is C21H24O5. The zero-order valence-electron chi connectivity index (χ0n) is 15.9. The van der Waals surface area contributed by atoms with E-state index in [0.29, 0.717) is 17.5 Å². The van der Waals surface area contributed by atoms with Crippen LogP contribution in [0.1, 0.15) is 62.3 Å². The Morgan fingerprint density at radius 3 is 2.12 bits per heavy atom. The number of esters is 1. The molecule has 1 aliphatic carbocycles. The molecule has 1 aliphatic heterocycles. The average molecular weight is 356 g/mol. The number of cyclic esters (lactones) is 1. The second-order valence-electron chi connectivity index (χ2n) is 7.90. The molecule has 1 aromatic carbocycles. The molecule has 1 N–H and O–H groups in total. The van der Waals surface area contributed by atoms with Crippen LogP contribution in [0.2, 0.25) is 0 Å². The van der Waals surface area contributed by atoms with Crippen molar-refractivity contribution in [2.45, 2.75) is 59.5 Å². The monoisotopic (exact) mass is 356 g/mol. The van der Waals surface area contributed by atoms with Crippen molar-refractivity contribution in [3.63, 3.8) is 0 Å². The fourth-order valence-electron chi connectivity index (χ4n) is 4.00. The first-order chi connectivity index (χ1) is 12.0. The van der Waals surface area contributed by atoms with Crippen LogP contribution in [0.15, 0.2) is 17.7 Å². The predicted molar refractivity (Wildman–Crippen MR) is 96.6 cm³/mol. The maximum absolute atomic E-state index is 12.2. The maximum atomic E-state index is 12.2. The van der Waals surface area contributed by atoms with Gasteiger partial charge in [-0.15, -0.1) is 0 Å². The molecule has 3 rings (SSSR count). The Labute approximate surface area is 153 Å². The van der Waals surface area contributed by atoms with Gasteiger partial charge in [-0.05, 0) is 52.2 Å². The van der Waals surface area contributed by atoms with Crippen LogP contribution in [0.4, 0.5) is 0 Å². The second-order valence-corrected chi connectivity index (χ2v) is 7.90. The molecule has 0 amide bonds. The summed E-state index contributed by atoms with van der Waals surface area (Å²) in [7, 11) is 0. The number of aliphatic hydroxyl groups excluding tert-OH is 1. The third-order valence-corrected chi connectivity index (χ3v) is 6.01. The minimum absolute atomic E-state index is 0.107. The van der Waals surface area contributed by atoms with Crippen molar-refractivity contribution in [1.29, 1.82) is 0 Å². The lowest BCUT2D eigenvalue weighted by atomic mass is 9.65. The first kappa shape index (κ1) is 18.4. The van der Waals surface area contributed by atoms with Gasteiger partial charge in [-0.1, -0.05) is 12.1 Å². The van der Waals surface area contributed by atoms with Gasteiger partial charge < -0.3 is 9.84 Å². The molecule has 2 fully saturated rings. The summed E-state index contributed by atoms with van der Waals surface area (Å²) in [6.07, 6.45) is 1.06. The highest BCUT2D eigenvalue weighted by molar-refractivity contribution is 6.25. The lowest BCUT2D eigenvalue weighted by molar-refractivity contribution is -0.235. The number of allylic oxidation sites excluding steroid dienone is 1. The molecule has 26 heavy (non-hydrogen) atoms. The highest BCUT2D eigenvalue weighted by Crippen LogP contribution is 2.54. The number of hydrogen-bond donors (Lipinski definition) is 1. The quantitative estimate of drug-likeness (QED) is 0.378. The normalized spacial score (nSPS) is 25.0. The van der Waals surface area contributed by atoms with Gasteiger partial charge in [0.25, 0.3) is 0 Å². The lowest BCUT2D eigenvalue weighted by Gasteiger charge is -2.52. The minimum atomic E-state index is -0.834. The molecule has 138 valence electrons. The summed E-state index contributed by atoms with van der Waals surface area (Å²) < 4.78 is 5.54. The van der Waals surface area contributed by atoms with E-state index in [4.69, 9.17) is 4.74 Å². The number of carbonyl (C=O) groups excluding carboxylic acids is 3. The molecule has 0 aromatic heterocycles. The molecule has 1 saturated carbocycles. The van der Waals surface area contributed by atoms with Gasteiger partial charge in [0.2, 0.25) is 0 Å². The Balaban J connectivity index is 2.20. The smallest absolute Gasteiger partial charge is 0.316 e. The van der Waals surface area contributed by atoms with Crippen LogP contribution in [0.25, 0.3) is 5.76 Å². The number of carbonyl (C=O) groups is 3. The van der Waals surface area contributed by atoms with Crippen molar-refractivity contribution in [2.24, 2.45) is 5.41 Å².